The minimum absolute atomic E-state index is 0.0711. The zero-order valence-electron chi connectivity index (χ0n) is 20.8. The van der Waals surface area contributed by atoms with Crippen LogP contribution in [0.5, 0.6) is 0 Å². The average molecular weight is 562 g/mol. The van der Waals surface area contributed by atoms with Crippen LogP contribution in [0.1, 0.15) is 22.8 Å². The van der Waals surface area contributed by atoms with E-state index in [4.69, 9.17) is 11.5 Å². The summed E-state index contributed by atoms with van der Waals surface area (Å²) in [5, 5.41) is 8.06. The highest BCUT2D eigenvalue weighted by molar-refractivity contribution is 7.10. The molecule has 5 aromatic rings. The van der Waals surface area contributed by atoms with E-state index in [1.807, 2.05) is 66.9 Å². The number of hydrogen-bond acceptors (Lipinski definition) is 10. The lowest BCUT2D eigenvalue weighted by Crippen LogP contribution is -2.21. The fourth-order valence-corrected chi connectivity index (χ4v) is 4.61. The summed E-state index contributed by atoms with van der Waals surface area (Å²) >= 11 is 2.45. The molecule has 0 aliphatic rings. The molecule has 3 aromatic heterocycles. The van der Waals surface area contributed by atoms with Gasteiger partial charge in [0.05, 0.1) is 13.1 Å². The Labute approximate surface area is 232 Å². The number of benzene rings is 2. The van der Waals surface area contributed by atoms with E-state index in [0.29, 0.717) is 23.1 Å². The highest BCUT2D eigenvalue weighted by atomic mass is 32.1. The largest absolute Gasteiger partial charge is 0.368 e. The van der Waals surface area contributed by atoms with Crippen LogP contribution in [0.15, 0.2) is 66.9 Å². The van der Waals surface area contributed by atoms with Gasteiger partial charge < -0.3 is 27.1 Å². The summed E-state index contributed by atoms with van der Waals surface area (Å²) in [6.07, 6.45) is 7.32. The molecule has 0 aliphatic carbocycles. The lowest BCUT2D eigenvalue weighted by molar-refractivity contribution is -0.117. The van der Waals surface area contributed by atoms with Crippen LogP contribution in [-0.2, 0) is 22.4 Å². The number of nitrogens with one attached hydrogen (secondary N) is 3. The smallest absolute Gasteiger partial charge is 0.236 e. The van der Waals surface area contributed by atoms with Gasteiger partial charge in [-0.1, -0.05) is 60.7 Å². The summed E-state index contributed by atoms with van der Waals surface area (Å²) in [6.45, 7) is 0.149. The van der Waals surface area contributed by atoms with E-state index in [1.54, 1.807) is 0 Å². The minimum Gasteiger partial charge on any atom is -0.368 e. The first-order chi connectivity index (χ1) is 19.0. The Balaban J connectivity index is 0.000000181. The first kappa shape index (κ1) is 27.4. The molecular formula is C26H27N9O2S2. The lowest BCUT2D eigenvalue weighted by Gasteiger charge is -1.96. The summed E-state index contributed by atoms with van der Waals surface area (Å²) < 4.78 is 8.47. The number of nitrogens with two attached hydrogens (primary N) is 2. The molecule has 0 saturated heterocycles. The Hall–Kier alpha value is -4.62. The number of amides is 2. The highest BCUT2D eigenvalue weighted by Crippen LogP contribution is 2.21. The van der Waals surface area contributed by atoms with Gasteiger partial charge in [0.15, 0.2) is 0 Å². The van der Waals surface area contributed by atoms with Gasteiger partial charge in [-0.05, 0) is 17.2 Å². The number of anilines is 2. The van der Waals surface area contributed by atoms with E-state index in [0.717, 1.165) is 28.3 Å². The van der Waals surface area contributed by atoms with E-state index >= 15 is 0 Å². The van der Waals surface area contributed by atoms with E-state index in [-0.39, 0.29) is 13.1 Å². The van der Waals surface area contributed by atoms with Crippen molar-refractivity contribution in [2.75, 3.05) is 23.7 Å². The van der Waals surface area contributed by atoms with Crippen molar-refractivity contribution in [3.05, 3.63) is 89.6 Å². The molecule has 13 heteroatoms. The second kappa shape index (κ2) is 13.8. The van der Waals surface area contributed by atoms with Crippen molar-refractivity contribution in [2.45, 2.75) is 12.8 Å². The number of carbonyl (C=O) groups is 2. The number of para-hydroxylation sites is 1. The standard InChI is InChI=1S/C13H13N5OS.C13H14N4OS/c14-11(19)7-16-13-17-12(18-20-13)5-8-6-15-10-4-2-1-3-9(8)10;14-11(18)9-15-13-16-12(17-19-13)8-4-7-10-5-2-1-3-6-10/h1-4,6,15H,5,7H2,(H2,14,19)(H,16,17,18);1-7H,8-9H2,(H2,14,18)(H,15,16,17). The number of H-pyrrole nitrogens is 1. The van der Waals surface area contributed by atoms with Crippen molar-refractivity contribution < 1.29 is 9.59 Å². The summed E-state index contributed by atoms with van der Waals surface area (Å²) in [6, 6.07) is 18.1. The average Bonchev–Trinajstić information content (AvgIpc) is 3.68. The molecule has 0 fully saturated rings. The van der Waals surface area contributed by atoms with Crippen LogP contribution in [0.4, 0.5) is 10.3 Å². The normalized spacial score (nSPS) is 10.8. The third-order valence-corrected chi connectivity index (χ3v) is 6.62. The Kier molecular flexibility index (Phi) is 9.69. The molecule has 0 bridgehead atoms. The number of allylic oxidation sites excluding steroid dienone is 1. The quantitative estimate of drug-likeness (QED) is 0.163. The fourth-order valence-electron chi connectivity index (χ4n) is 3.44. The second-order valence-electron chi connectivity index (χ2n) is 8.22. The van der Waals surface area contributed by atoms with Crippen LogP contribution < -0.4 is 22.1 Å². The van der Waals surface area contributed by atoms with Crippen molar-refractivity contribution in [1.82, 2.24) is 23.7 Å². The number of rotatable bonds is 11. The molecule has 0 atom stereocenters. The zero-order chi connectivity index (χ0) is 27.5. The van der Waals surface area contributed by atoms with Crippen molar-refractivity contribution in [3.8, 4) is 0 Å². The third-order valence-electron chi connectivity index (χ3n) is 5.20. The maximum atomic E-state index is 10.7. The Morgan fingerprint density at radius 3 is 2.15 bits per heavy atom. The zero-order valence-corrected chi connectivity index (χ0v) is 22.5. The Morgan fingerprint density at radius 2 is 1.46 bits per heavy atom. The predicted octanol–water partition coefficient (Wildman–Crippen LogP) is 3.20. The number of aromatic nitrogens is 5. The van der Waals surface area contributed by atoms with Crippen molar-refractivity contribution in [2.24, 2.45) is 11.5 Å². The third kappa shape index (κ3) is 8.72. The monoisotopic (exact) mass is 561 g/mol. The summed E-state index contributed by atoms with van der Waals surface area (Å²) in [4.78, 5) is 33.1. The molecule has 0 unspecified atom stereocenters. The van der Waals surface area contributed by atoms with Crippen LogP contribution in [0.2, 0.25) is 0 Å². The van der Waals surface area contributed by atoms with E-state index in [9.17, 15) is 9.59 Å². The van der Waals surface area contributed by atoms with Crippen LogP contribution >= 0.6 is 23.1 Å². The second-order valence-corrected chi connectivity index (χ2v) is 9.73. The number of fused-ring (bicyclic) bond motifs is 1. The van der Waals surface area contributed by atoms with Gasteiger partial charge in [-0.15, -0.1) is 0 Å². The number of nitrogens with zero attached hydrogens (tertiary/aromatic N) is 4. The van der Waals surface area contributed by atoms with Crippen molar-refractivity contribution in [3.63, 3.8) is 0 Å². The molecule has 11 nitrogen and oxygen atoms in total. The van der Waals surface area contributed by atoms with Crippen LogP contribution in [-0.4, -0.2) is 48.6 Å². The Morgan fingerprint density at radius 1 is 0.846 bits per heavy atom. The Bertz CT molecular complexity index is 1540. The first-order valence-electron chi connectivity index (χ1n) is 11.9. The molecule has 0 saturated carbocycles. The SMILES string of the molecule is NC(=O)CNc1nc(CC=Cc2ccccc2)ns1.NC(=O)CNc1nc(Cc2c[nH]c3ccccc23)ns1. The summed E-state index contributed by atoms with van der Waals surface area (Å²) in [5.74, 6) is 0.620. The molecule has 0 radical (unpaired) electrons. The molecular weight excluding hydrogens is 534 g/mol. The fraction of sp³-hybridized carbons (Fsp3) is 0.154. The summed E-state index contributed by atoms with van der Waals surface area (Å²) in [5.41, 5.74) is 13.5. The molecule has 0 aliphatic heterocycles. The van der Waals surface area contributed by atoms with Gasteiger partial charge in [0.1, 0.15) is 11.6 Å². The molecule has 2 amide bonds. The van der Waals surface area contributed by atoms with Crippen LogP contribution in [0.25, 0.3) is 17.0 Å². The molecule has 2 aromatic carbocycles. The van der Waals surface area contributed by atoms with Crippen LogP contribution in [0.3, 0.4) is 0 Å². The topological polar surface area (TPSA) is 178 Å². The molecule has 0 spiro atoms. The van der Waals surface area contributed by atoms with E-state index in [1.165, 1.54) is 28.5 Å². The van der Waals surface area contributed by atoms with E-state index < -0.39 is 11.8 Å². The summed E-state index contributed by atoms with van der Waals surface area (Å²) in [7, 11) is 0. The first-order valence-corrected chi connectivity index (χ1v) is 13.5. The van der Waals surface area contributed by atoms with Gasteiger partial charge in [-0.3, -0.25) is 9.59 Å². The van der Waals surface area contributed by atoms with Crippen molar-refractivity contribution >= 4 is 62.1 Å². The van der Waals surface area contributed by atoms with Gasteiger partial charge in [0, 0.05) is 53.0 Å². The molecule has 39 heavy (non-hydrogen) atoms. The number of carbonyl (C=O) groups excluding carboxylic acids is 2. The van der Waals surface area contributed by atoms with Crippen LogP contribution in [0, 0.1) is 0 Å². The van der Waals surface area contributed by atoms with Gasteiger partial charge >= 0.3 is 0 Å². The maximum absolute atomic E-state index is 10.7. The van der Waals surface area contributed by atoms with Gasteiger partial charge in [-0.25, -0.2) is 9.97 Å². The van der Waals surface area contributed by atoms with Gasteiger partial charge in [0.2, 0.25) is 22.1 Å². The van der Waals surface area contributed by atoms with Crippen molar-refractivity contribution in [1.29, 1.82) is 0 Å². The number of aromatic amines is 1. The number of hydrogen-bond donors (Lipinski definition) is 5. The van der Waals surface area contributed by atoms with E-state index in [2.05, 4.69) is 40.4 Å². The lowest BCUT2D eigenvalue weighted by atomic mass is 10.1. The minimum atomic E-state index is -0.418. The number of primary amides is 2. The molecule has 200 valence electrons. The maximum Gasteiger partial charge on any atom is 0.236 e. The molecule has 7 N–H and O–H groups in total. The molecule has 3 heterocycles. The van der Waals surface area contributed by atoms with Gasteiger partial charge in [-0.2, -0.15) is 8.75 Å². The molecule has 5 rings (SSSR count). The van der Waals surface area contributed by atoms with Gasteiger partial charge in [0.25, 0.3) is 0 Å². The highest BCUT2D eigenvalue weighted by Gasteiger charge is 2.09. The predicted molar refractivity (Wildman–Crippen MR) is 155 cm³/mol.